The van der Waals surface area contributed by atoms with E-state index in [0.29, 0.717) is 0 Å². The van der Waals surface area contributed by atoms with Gasteiger partial charge in [0.2, 0.25) is 15.7 Å². The molecule has 0 spiro atoms. The molecule has 0 radical (unpaired) electrons. The van der Waals surface area contributed by atoms with E-state index in [1.54, 1.807) is 0 Å². The molecule has 0 bridgehead atoms. The molecule has 3 aromatic rings. The highest BCUT2D eigenvalue weighted by molar-refractivity contribution is 7.89. The Kier molecular flexibility index (Phi) is 4.17. The van der Waals surface area contributed by atoms with Crippen LogP contribution in [0.25, 0.3) is 16.9 Å². The number of nitrogens with zero attached hydrogens (tertiary/aromatic N) is 2. The molecule has 0 saturated heterocycles. The number of hydrogen-bond donors (Lipinski definition) is 1. The minimum absolute atomic E-state index is 0.0244. The van der Waals surface area contributed by atoms with E-state index in [1.807, 2.05) is 0 Å². The number of ether oxygens (including phenoxy) is 1. The quantitative estimate of drug-likeness (QED) is 0.631. The predicted molar refractivity (Wildman–Crippen MR) is 89.6 cm³/mol. The highest BCUT2D eigenvalue weighted by Gasteiger charge is 2.43. The summed E-state index contributed by atoms with van der Waals surface area (Å²) < 4.78 is 96.8. The molecule has 0 atom stereocenters. The van der Waals surface area contributed by atoms with Crippen molar-refractivity contribution >= 4 is 10.0 Å². The molecule has 2 heterocycles. The lowest BCUT2D eigenvalue weighted by Gasteiger charge is -2.20. The summed E-state index contributed by atoms with van der Waals surface area (Å²) in [5.41, 5.74) is -1.83. The summed E-state index contributed by atoms with van der Waals surface area (Å²) in [6.45, 7) is -0.606. The van der Waals surface area contributed by atoms with Gasteiger partial charge in [-0.25, -0.2) is 27.0 Å². The Hall–Kier alpha value is -2.99. The number of fused-ring (bicyclic) bond motifs is 3. The molecule has 12 heteroatoms. The molecule has 0 unspecified atom stereocenters. The third-order valence-electron chi connectivity index (χ3n) is 4.33. The van der Waals surface area contributed by atoms with Gasteiger partial charge in [0.25, 0.3) is 0 Å². The van der Waals surface area contributed by atoms with Crippen LogP contribution in [0.5, 0.6) is 5.75 Å². The Bertz CT molecular complexity index is 1230. The lowest BCUT2D eigenvalue weighted by Crippen LogP contribution is -2.13. The fourth-order valence-corrected chi connectivity index (χ4v) is 3.54. The molecule has 0 aliphatic carbocycles. The van der Waals surface area contributed by atoms with Gasteiger partial charge < -0.3 is 4.74 Å². The standard InChI is InChI=1S/C17H10F5N3O3S/c18-12-6-5-10-11(13(12)19)7-28-15-14(10)25(24-16(15)17(20,21)22)8-1-3-9(4-2-8)29(23,26)27/h1-6H,7H2,(H2,23,26,27). The number of nitrogens with two attached hydrogens (primary N) is 1. The van der Waals surface area contributed by atoms with E-state index in [-0.39, 0.29) is 27.4 Å². The van der Waals surface area contributed by atoms with Gasteiger partial charge in [0.1, 0.15) is 12.3 Å². The highest BCUT2D eigenvalue weighted by atomic mass is 32.2. The number of alkyl halides is 3. The Balaban J connectivity index is 1.99. The Morgan fingerprint density at radius 2 is 1.72 bits per heavy atom. The second-order valence-corrected chi connectivity index (χ2v) is 7.71. The summed E-state index contributed by atoms with van der Waals surface area (Å²) in [4.78, 5) is -0.261. The lowest BCUT2D eigenvalue weighted by atomic mass is 10.0. The van der Waals surface area contributed by atoms with Crippen molar-refractivity contribution in [3.63, 3.8) is 0 Å². The lowest BCUT2D eigenvalue weighted by molar-refractivity contribution is -0.142. The van der Waals surface area contributed by atoms with Crippen molar-refractivity contribution in [2.45, 2.75) is 17.7 Å². The average molecular weight is 431 g/mol. The van der Waals surface area contributed by atoms with E-state index in [0.717, 1.165) is 28.9 Å². The van der Waals surface area contributed by atoms with Gasteiger partial charge in [-0.3, -0.25) is 0 Å². The summed E-state index contributed by atoms with van der Waals surface area (Å²) >= 11 is 0. The Morgan fingerprint density at radius 3 is 2.31 bits per heavy atom. The Morgan fingerprint density at radius 1 is 1.07 bits per heavy atom. The van der Waals surface area contributed by atoms with Crippen LogP contribution in [0.4, 0.5) is 22.0 Å². The van der Waals surface area contributed by atoms with Crippen LogP contribution in [0.1, 0.15) is 11.3 Å². The molecule has 0 fully saturated rings. The molecule has 0 amide bonds. The first-order chi connectivity index (χ1) is 13.5. The fourth-order valence-electron chi connectivity index (χ4n) is 3.03. The van der Waals surface area contributed by atoms with Gasteiger partial charge in [0.05, 0.1) is 10.6 Å². The molecule has 4 rings (SSSR count). The number of halogens is 5. The SMILES string of the molecule is NS(=O)(=O)c1ccc(-n2nc(C(F)(F)F)c3c2-c2ccc(F)c(F)c2CO3)cc1. The zero-order valence-electron chi connectivity index (χ0n) is 14.2. The zero-order chi connectivity index (χ0) is 21.1. The highest BCUT2D eigenvalue weighted by Crippen LogP contribution is 2.47. The Labute approximate surface area is 160 Å². The molecule has 1 aromatic heterocycles. The number of primary sulfonamides is 1. The zero-order valence-corrected chi connectivity index (χ0v) is 15.0. The third-order valence-corrected chi connectivity index (χ3v) is 5.26. The fraction of sp³-hybridized carbons (Fsp3) is 0.118. The van der Waals surface area contributed by atoms with Gasteiger partial charge in [-0.15, -0.1) is 0 Å². The smallest absolute Gasteiger partial charge is 0.438 e. The van der Waals surface area contributed by atoms with Crippen LogP contribution >= 0.6 is 0 Å². The number of hydrogen-bond acceptors (Lipinski definition) is 4. The minimum Gasteiger partial charge on any atom is -0.484 e. The molecule has 2 N–H and O–H groups in total. The minimum atomic E-state index is -4.88. The largest absolute Gasteiger partial charge is 0.484 e. The van der Waals surface area contributed by atoms with Crippen molar-refractivity contribution in [1.82, 2.24) is 9.78 Å². The van der Waals surface area contributed by atoms with Crippen LogP contribution in [0, 0.1) is 11.6 Å². The summed E-state index contributed by atoms with van der Waals surface area (Å²) in [7, 11) is -4.02. The predicted octanol–water partition coefficient (Wildman–Crippen LogP) is 3.38. The molecule has 152 valence electrons. The van der Waals surface area contributed by atoms with Crippen molar-refractivity contribution in [1.29, 1.82) is 0 Å². The molecule has 6 nitrogen and oxygen atoms in total. The summed E-state index contributed by atoms with van der Waals surface area (Å²) in [5.74, 6) is -3.04. The van der Waals surface area contributed by atoms with Gasteiger partial charge in [0, 0.05) is 11.1 Å². The average Bonchev–Trinajstić information content (AvgIpc) is 3.04. The first-order valence-electron chi connectivity index (χ1n) is 7.92. The molecule has 0 saturated carbocycles. The number of rotatable bonds is 2. The molecule has 2 aromatic carbocycles. The number of aromatic nitrogens is 2. The third kappa shape index (κ3) is 3.13. The van der Waals surface area contributed by atoms with Gasteiger partial charge in [-0.2, -0.15) is 18.3 Å². The van der Waals surface area contributed by atoms with Gasteiger partial charge >= 0.3 is 6.18 Å². The monoisotopic (exact) mass is 431 g/mol. The molecular formula is C17H10F5N3O3S. The topological polar surface area (TPSA) is 87.2 Å². The van der Waals surface area contributed by atoms with Gasteiger partial charge in [0.15, 0.2) is 17.4 Å². The van der Waals surface area contributed by atoms with Crippen LogP contribution in [0.3, 0.4) is 0 Å². The summed E-state index contributed by atoms with van der Waals surface area (Å²) in [6.07, 6.45) is -4.88. The molecular weight excluding hydrogens is 421 g/mol. The van der Waals surface area contributed by atoms with E-state index in [9.17, 15) is 30.4 Å². The first kappa shape index (κ1) is 19.3. The van der Waals surface area contributed by atoms with Gasteiger partial charge in [-0.1, -0.05) is 0 Å². The molecule has 1 aliphatic rings. The normalized spacial score (nSPS) is 13.6. The van der Waals surface area contributed by atoms with E-state index in [2.05, 4.69) is 5.10 Å². The number of sulfonamides is 1. The van der Waals surface area contributed by atoms with Gasteiger partial charge in [-0.05, 0) is 36.4 Å². The van der Waals surface area contributed by atoms with Crippen LogP contribution < -0.4 is 9.88 Å². The molecule has 29 heavy (non-hydrogen) atoms. The van der Waals surface area contributed by atoms with E-state index < -0.39 is 45.9 Å². The summed E-state index contributed by atoms with van der Waals surface area (Å²) in [5, 5.41) is 8.56. The van der Waals surface area contributed by atoms with E-state index in [1.165, 1.54) is 12.1 Å². The maximum absolute atomic E-state index is 14.1. The molecule has 1 aliphatic heterocycles. The maximum atomic E-state index is 14.1. The van der Waals surface area contributed by atoms with Crippen molar-refractivity contribution < 1.29 is 35.1 Å². The maximum Gasteiger partial charge on any atom is 0.438 e. The van der Waals surface area contributed by atoms with Crippen molar-refractivity contribution in [3.8, 4) is 22.7 Å². The van der Waals surface area contributed by atoms with Crippen LogP contribution in [0.2, 0.25) is 0 Å². The van der Waals surface area contributed by atoms with E-state index >= 15 is 0 Å². The second-order valence-electron chi connectivity index (χ2n) is 6.15. The van der Waals surface area contributed by atoms with Crippen LogP contribution in [-0.4, -0.2) is 18.2 Å². The van der Waals surface area contributed by atoms with Crippen LogP contribution in [0.15, 0.2) is 41.3 Å². The van der Waals surface area contributed by atoms with Crippen molar-refractivity contribution in [2.75, 3.05) is 0 Å². The second kappa shape index (κ2) is 6.26. The first-order valence-corrected chi connectivity index (χ1v) is 9.46. The van der Waals surface area contributed by atoms with Crippen LogP contribution in [-0.2, 0) is 22.8 Å². The summed E-state index contributed by atoms with van der Waals surface area (Å²) in [6, 6.07) is 6.45. The van der Waals surface area contributed by atoms with E-state index in [4.69, 9.17) is 9.88 Å². The number of benzene rings is 2. The van der Waals surface area contributed by atoms with Crippen molar-refractivity contribution in [2.24, 2.45) is 5.14 Å². The van der Waals surface area contributed by atoms with Crippen molar-refractivity contribution in [3.05, 3.63) is 59.3 Å².